The topological polar surface area (TPSA) is 69.9 Å². The van der Waals surface area contributed by atoms with Crippen molar-refractivity contribution in [3.05, 3.63) is 60.2 Å². The number of aromatic nitrogens is 4. The highest BCUT2D eigenvalue weighted by molar-refractivity contribution is 7.80. The second-order valence-electron chi connectivity index (χ2n) is 4.13. The second kappa shape index (κ2) is 5.76. The van der Waals surface area contributed by atoms with Gasteiger partial charge in [-0.3, -0.25) is 0 Å². The maximum atomic E-state index is 12.0. The summed E-state index contributed by atoms with van der Waals surface area (Å²) in [6.07, 6.45) is 0. The molecular formula is C14H10N4O2S. The summed E-state index contributed by atoms with van der Waals surface area (Å²) >= 11 is 3.98. The summed E-state index contributed by atoms with van der Waals surface area (Å²) in [4.78, 5) is 13.3. The maximum Gasteiger partial charge on any atom is 0.343 e. The zero-order chi connectivity index (χ0) is 14.7. The van der Waals surface area contributed by atoms with E-state index in [2.05, 4.69) is 28.0 Å². The predicted molar refractivity (Wildman–Crippen MR) is 77.8 cm³/mol. The lowest BCUT2D eigenvalue weighted by atomic mass is 10.2. The van der Waals surface area contributed by atoms with Gasteiger partial charge in [0.05, 0.1) is 11.3 Å². The molecule has 3 rings (SSSR count). The van der Waals surface area contributed by atoms with Gasteiger partial charge < -0.3 is 4.74 Å². The molecular weight excluding hydrogens is 288 g/mol. The van der Waals surface area contributed by atoms with Crippen LogP contribution in [0.25, 0.3) is 5.69 Å². The second-order valence-corrected chi connectivity index (χ2v) is 4.53. The molecule has 0 amide bonds. The molecule has 1 heterocycles. The van der Waals surface area contributed by atoms with Gasteiger partial charge in [-0.05, 0) is 41.6 Å². The highest BCUT2D eigenvalue weighted by Gasteiger charge is 2.09. The van der Waals surface area contributed by atoms with Crippen LogP contribution in [0.2, 0.25) is 0 Å². The van der Waals surface area contributed by atoms with Crippen molar-refractivity contribution in [2.45, 2.75) is 5.16 Å². The van der Waals surface area contributed by atoms with E-state index in [1.165, 1.54) is 4.80 Å². The van der Waals surface area contributed by atoms with Crippen molar-refractivity contribution < 1.29 is 9.53 Å². The molecule has 6 nitrogen and oxygen atoms in total. The van der Waals surface area contributed by atoms with Crippen LogP contribution in [0, 0.1) is 0 Å². The first-order valence-corrected chi connectivity index (χ1v) is 6.54. The molecule has 3 aromatic rings. The van der Waals surface area contributed by atoms with Crippen LogP contribution in [0.3, 0.4) is 0 Å². The Hall–Kier alpha value is -2.67. The van der Waals surface area contributed by atoms with Crippen molar-refractivity contribution in [3.8, 4) is 11.4 Å². The van der Waals surface area contributed by atoms with E-state index in [0.29, 0.717) is 17.0 Å². The first-order valence-electron chi connectivity index (χ1n) is 6.09. The first-order chi connectivity index (χ1) is 10.2. The summed E-state index contributed by atoms with van der Waals surface area (Å²) < 4.78 is 5.25. The number of hydrogen-bond acceptors (Lipinski definition) is 6. The van der Waals surface area contributed by atoms with Gasteiger partial charge in [0.1, 0.15) is 5.75 Å². The molecule has 0 saturated heterocycles. The minimum atomic E-state index is -0.422. The minimum Gasteiger partial charge on any atom is -0.423 e. The molecule has 1 aromatic heterocycles. The molecule has 21 heavy (non-hydrogen) atoms. The fourth-order valence-corrected chi connectivity index (χ4v) is 1.83. The number of benzene rings is 2. The van der Waals surface area contributed by atoms with E-state index in [4.69, 9.17) is 4.74 Å². The Labute approximate surface area is 125 Å². The highest BCUT2D eigenvalue weighted by atomic mass is 32.1. The summed E-state index contributed by atoms with van der Waals surface area (Å²) in [5.74, 6) is 0.0819. The van der Waals surface area contributed by atoms with Crippen LogP contribution < -0.4 is 4.74 Å². The Morgan fingerprint density at radius 2 is 1.76 bits per heavy atom. The standard InChI is InChI=1S/C14H10N4O2S/c19-13(20-12-4-2-1-3-5-12)10-6-8-11(9-7-10)18-16-14(21)15-17-18/h1-9H,(H,16,21). The Balaban J connectivity index is 1.76. The minimum absolute atomic E-state index is 0.280. The van der Waals surface area contributed by atoms with Crippen LogP contribution in [0.1, 0.15) is 10.4 Å². The van der Waals surface area contributed by atoms with E-state index in [1.807, 2.05) is 6.07 Å². The highest BCUT2D eigenvalue weighted by Crippen LogP contribution is 2.13. The van der Waals surface area contributed by atoms with Crippen LogP contribution in [0.15, 0.2) is 59.8 Å². The van der Waals surface area contributed by atoms with Crippen LogP contribution in [-0.4, -0.2) is 26.2 Å². The third kappa shape index (κ3) is 3.09. The van der Waals surface area contributed by atoms with Gasteiger partial charge in [-0.2, -0.15) is 0 Å². The number of tetrazole rings is 1. The van der Waals surface area contributed by atoms with Gasteiger partial charge in [-0.25, -0.2) is 4.79 Å². The lowest BCUT2D eigenvalue weighted by molar-refractivity contribution is 0.0735. The molecule has 104 valence electrons. The molecule has 0 aliphatic rings. The molecule has 0 bridgehead atoms. The van der Waals surface area contributed by atoms with Crippen LogP contribution in [0.4, 0.5) is 0 Å². The van der Waals surface area contributed by atoms with Crippen molar-refractivity contribution in [2.75, 3.05) is 0 Å². The maximum absolute atomic E-state index is 12.0. The van der Waals surface area contributed by atoms with Crippen LogP contribution >= 0.6 is 12.6 Å². The van der Waals surface area contributed by atoms with E-state index in [9.17, 15) is 4.79 Å². The van der Waals surface area contributed by atoms with Crippen molar-refractivity contribution >= 4 is 18.6 Å². The number of esters is 1. The molecule has 0 N–H and O–H groups in total. The average Bonchev–Trinajstić information content (AvgIpc) is 2.95. The summed E-state index contributed by atoms with van der Waals surface area (Å²) in [6, 6.07) is 15.6. The molecule has 0 aliphatic carbocycles. The SMILES string of the molecule is O=C(Oc1ccccc1)c1ccc(-n2nnc(S)n2)cc1. The van der Waals surface area contributed by atoms with Gasteiger partial charge >= 0.3 is 5.97 Å². The van der Waals surface area contributed by atoms with Gasteiger partial charge in [-0.15, -0.1) is 15.0 Å². The van der Waals surface area contributed by atoms with Crippen molar-refractivity contribution in [2.24, 2.45) is 0 Å². The average molecular weight is 298 g/mol. The fraction of sp³-hybridized carbons (Fsp3) is 0. The van der Waals surface area contributed by atoms with E-state index in [-0.39, 0.29) is 5.16 Å². The van der Waals surface area contributed by atoms with Crippen LogP contribution in [-0.2, 0) is 0 Å². The summed E-state index contributed by atoms with van der Waals surface area (Å²) in [5.41, 5.74) is 1.12. The first kappa shape index (κ1) is 13.3. The van der Waals surface area contributed by atoms with E-state index in [0.717, 1.165) is 0 Å². The van der Waals surface area contributed by atoms with E-state index < -0.39 is 5.97 Å². The van der Waals surface area contributed by atoms with Crippen molar-refractivity contribution in [3.63, 3.8) is 0 Å². The van der Waals surface area contributed by atoms with Crippen molar-refractivity contribution in [1.82, 2.24) is 20.2 Å². The lowest BCUT2D eigenvalue weighted by Crippen LogP contribution is -2.08. The lowest BCUT2D eigenvalue weighted by Gasteiger charge is -2.04. The zero-order valence-corrected chi connectivity index (χ0v) is 11.6. The molecule has 0 spiro atoms. The van der Waals surface area contributed by atoms with Gasteiger partial charge in [0.15, 0.2) is 0 Å². The Morgan fingerprint density at radius 1 is 1.05 bits per heavy atom. The summed E-state index contributed by atoms with van der Waals surface area (Å²) in [7, 11) is 0. The summed E-state index contributed by atoms with van der Waals surface area (Å²) in [6.45, 7) is 0. The fourth-order valence-electron chi connectivity index (χ4n) is 1.70. The van der Waals surface area contributed by atoms with E-state index >= 15 is 0 Å². The number of rotatable bonds is 3. The van der Waals surface area contributed by atoms with Gasteiger partial charge in [-0.1, -0.05) is 30.8 Å². The number of carbonyl (C=O) groups is 1. The quantitative estimate of drug-likeness (QED) is 0.456. The van der Waals surface area contributed by atoms with Gasteiger partial charge in [0.2, 0.25) is 5.16 Å². The van der Waals surface area contributed by atoms with E-state index in [1.54, 1.807) is 48.5 Å². The number of para-hydroxylation sites is 1. The van der Waals surface area contributed by atoms with Gasteiger partial charge in [0.25, 0.3) is 0 Å². The Bertz CT molecular complexity index is 756. The molecule has 7 heteroatoms. The molecule has 0 atom stereocenters. The molecule has 0 aliphatic heterocycles. The Kier molecular flexibility index (Phi) is 3.65. The number of thiol groups is 1. The molecule has 2 aromatic carbocycles. The molecule has 0 saturated carbocycles. The molecule has 0 unspecified atom stereocenters. The molecule has 0 radical (unpaired) electrons. The number of carbonyl (C=O) groups excluding carboxylic acids is 1. The summed E-state index contributed by atoms with van der Waals surface area (Å²) in [5, 5.41) is 11.7. The van der Waals surface area contributed by atoms with Gasteiger partial charge in [0, 0.05) is 0 Å². The Morgan fingerprint density at radius 3 is 2.38 bits per heavy atom. The molecule has 0 fully saturated rings. The monoisotopic (exact) mass is 298 g/mol. The van der Waals surface area contributed by atoms with Crippen molar-refractivity contribution in [1.29, 1.82) is 0 Å². The number of hydrogen-bond donors (Lipinski definition) is 1. The number of nitrogens with zero attached hydrogens (tertiary/aromatic N) is 4. The number of ether oxygens (including phenoxy) is 1. The largest absolute Gasteiger partial charge is 0.423 e. The third-order valence-electron chi connectivity index (χ3n) is 2.69. The van der Waals surface area contributed by atoms with Crippen LogP contribution in [0.5, 0.6) is 5.75 Å². The zero-order valence-electron chi connectivity index (χ0n) is 10.7. The normalized spacial score (nSPS) is 10.3. The smallest absolute Gasteiger partial charge is 0.343 e. The third-order valence-corrected chi connectivity index (χ3v) is 2.87. The predicted octanol–water partition coefficient (Wildman–Crippen LogP) is 2.17.